The lowest BCUT2D eigenvalue weighted by Crippen LogP contribution is -2.26. The lowest BCUT2D eigenvalue weighted by Gasteiger charge is -2.21. The van der Waals surface area contributed by atoms with E-state index < -0.39 is 11.4 Å². The zero-order valence-electron chi connectivity index (χ0n) is 10.5. The number of carboxylic acid groups (broad SMARTS) is 1. The second kappa shape index (κ2) is 4.96. The van der Waals surface area contributed by atoms with Crippen LogP contribution in [0.3, 0.4) is 0 Å². The van der Waals surface area contributed by atoms with E-state index in [1.165, 1.54) is 0 Å². The second-order valence-corrected chi connectivity index (χ2v) is 5.12. The normalized spacial score (nSPS) is 11.4. The van der Waals surface area contributed by atoms with E-state index in [0.717, 1.165) is 11.1 Å². The van der Waals surface area contributed by atoms with Crippen LogP contribution in [-0.2, 0) is 11.2 Å². The van der Waals surface area contributed by atoms with Crippen LogP contribution in [0.15, 0.2) is 12.1 Å². The average molecular weight is 257 g/mol. The maximum Gasteiger partial charge on any atom is 0.309 e. The summed E-state index contributed by atoms with van der Waals surface area (Å²) in [5.41, 5.74) is 0.962. The zero-order valence-corrected chi connectivity index (χ0v) is 11.3. The number of aryl methyl sites for hydroxylation is 1. The summed E-state index contributed by atoms with van der Waals surface area (Å²) in [5, 5.41) is 9.64. The number of benzene rings is 1. The van der Waals surface area contributed by atoms with Crippen LogP contribution in [0.1, 0.15) is 25.0 Å². The number of methoxy groups -OCH3 is 1. The maximum atomic E-state index is 11.1. The molecule has 1 aromatic rings. The molecular formula is C13H17ClO3. The molecule has 1 rings (SSSR count). The molecule has 0 saturated heterocycles. The number of ether oxygens (including phenoxy) is 1. The van der Waals surface area contributed by atoms with Crippen LogP contribution in [0.5, 0.6) is 5.75 Å². The Morgan fingerprint density at radius 2 is 2.06 bits per heavy atom. The summed E-state index contributed by atoms with van der Waals surface area (Å²) in [5.74, 6) is -0.260. The molecule has 0 atom stereocenters. The van der Waals surface area contributed by atoms with Gasteiger partial charge in [-0.2, -0.15) is 0 Å². The molecule has 0 unspecified atom stereocenters. The van der Waals surface area contributed by atoms with Crippen molar-refractivity contribution in [3.63, 3.8) is 0 Å². The molecule has 94 valence electrons. The Kier molecular flexibility index (Phi) is 4.04. The molecule has 0 aromatic heterocycles. The lowest BCUT2D eigenvalue weighted by atomic mass is 9.84. The second-order valence-electron chi connectivity index (χ2n) is 4.74. The molecule has 1 aromatic carbocycles. The third-order valence-corrected chi connectivity index (χ3v) is 3.27. The Morgan fingerprint density at radius 1 is 1.47 bits per heavy atom. The van der Waals surface area contributed by atoms with Crippen molar-refractivity contribution in [2.24, 2.45) is 5.41 Å². The fraction of sp³-hybridized carbons (Fsp3) is 0.462. The first kappa shape index (κ1) is 13.8. The minimum atomic E-state index is -0.846. The summed E-state index contributed by atoms with van der Waals surface area (Å²) in [6.07, 6.45) is 0.379. The summed E-state index contributed by atoms with van der Waals surface area (Å²) in [6.45, 7) is 5.29. The van der Waals surface area contributed by atoms with Gasteiger partial charge in [-0.05, 0) is 44.4 Å². The molecule has 0 spiro atoms. The van der Waals surface area contributed by atoms with Gasteiger partial charge in [0, 0.05) is 0 Å². The Morgan fingerprint density at radius 3 is 2.53 bits per heavy atom. The highest BCUT2D eigenvalue weighted by atomic mass is 35.5. The highest BCUT2D eigenvalue weighted by Gasteiger charge is 2.29. The third kappa shape index (κ3) is 2.91. The summed E-state index contributed by atoms with van der Waals surface area (Å²) in [7, 11) is 1.54. The average Bonchev–Trinajstić information content (AvgIpc) is 2.24. The molecule has 4 heteroatoms. The van der Waals surface area contributed by atoms with Crippen molar-refractivity contribution in [1.29, 1.82) is 0 Å². The molecule has 3 nitrogen and oxygen atoms in total. The van der Waals surface area contributed by atoms with Crippen LogP contribution in [0, 0.1) is 12.3 Å². The lowest BCUT2D eigenvalue weighted by molar-refractivity contribution is -0.146. The van der Waals surface area contributed by atoms with Crippen molar-refractivity contribution in [3.8, 4) is 5.75 Å². The van der Waals surface area contributed by atoms with Gasteiger partial charge in [-0.3, -0.25) is 4.79 Å². The van der Waals surface area contributed by atoms with Gasteiger partial charge in [0.1, 0.15) is 5.75 Å². The van der Waals surface area contributed by atoms with Crippen LogP contribution in [0.2, 0.25) is 5.02 Å². The number of carbonyl (C=O) groups is 1. The molecule has 0 saturated carbocycles. The summed E-state index contributed by atoms with van der Waals surface area (Å²) >= 11 is 6.21. The minimum absolute atomic E-state index is 0.379. The largest absolute Gasteiger partial charge is 0.495 e. The van der Waals surface area contributed by atoms with E-state index in [-0.39, 0.29) is 0 Å². The number of aliphatic carboxylic acids is 1. The summed E-state index contributed by atoms with van der Waals surface area (Å²) < 4.78 is 5.14. The van der Waals surface area contributed by atoms with Gasteiger partial charge in [0.2, 0.25) is 0 Å². The number of halogens is 1. The van der Waals surface area contributed by atoms with Crippen molar-refractivity contribution in [2.75, 3.05) is 7.11 Å². The standard InChI is InChI=1S/C13H17ClO3/c1-8-5-6-10(17-4)11(14)9(8)7-13(2,3)12(15)16/h5-6H,7H2,1-4H3,(H,15,16). The Labute approximate surface area is 106 Å². The molecule has 0 aliphatic rings. The molecule has 0 heterocycles. The van der Waals surface area contributed by atoms with E-state index in [9.17, 15) is 4.79 Å². The summed E-state index contributed by atoms with van der Waals surface area (Å²) in [4.78, 5) is 11.1. The third-order valence-electron chi connectivity index (χ3n) is 2.86. The molecular weight excluding hydrogens is 240 g/mol. The van der Waals surface area contributed by atoms with Crippen LogP contribution in [-0.4, -0.2) is 18.2 Å². The van der Waals surface area contributed by atoms with Crippen LogP contribution >= 0.6 is 11.6 Å². The molecule has 0 aliphatic carbocycles. The monoisotopic (exact) mass is 256 g/mol. The number of hydrogen-bond acceptors (Lipinski definition) is 2. The SMILES string of the molecule is COc1ccc(C)c(CC(C)(C)C(=O)O)c1Cl. The molecule has 0 amide bonds. The molecule has 0 radical (unpaired) electrons. The first-order valence-corrected chi connectivity index (χ1v) is 5.72. The number of rotatable bonds is 4. The topological polar surface area (TPSA) is 46.5 Å². The molecule has 0 aliphatic heterocycles. The van der Waals surface area contributed by atoms with Crippen molar-refractivity contribution in [1.82, 2.24) is 0 Å². The van der Waals surface area contributed by atoms with E-state index >= 15 is 0 Å². The van der Waals surface area contributed by atoms with Crippen molar-refractivity contribution in [3.05, 3.63) is 28.3 Å². The van der Waals surface area contributed by atoms with Crippen molar-refractivity contribution in [2.45, 2.75) is 27.2 Å². The van der Waals surface area contributed by atoms with Gasteiger partial charge < -0.3 is 9.84 Å². The van der Waals surface area contributed by atoms with E-state index in [2.05, 4.69) is 0 Å². The van der Waals surface area contributed by atoms with Gasteiger partial charge in [-0.15, -0.1) is 0 Å². The quantitative estimate of drug-likeness (QED) is 0.899. The molecule has 0 fully saturated rings. The first-order chi connectivity index (χ1) is 7.79. The molecule has 17 heavy (non-hydrogen) atoms. The zero-order chi connectivity index (χ0) is 13.2. The Balaban J connectivity index is 3.18. The van der Waals surface area contributed by atoms with Crippen LogP contribution in [0.4, 0.5) is 0 Å². The molecule has 0 bridgehead atoms. The van der Waals surface area contributed by atoms with Gasteiger partial charge in [0.25, 0.3) is 0 Å². The first-order valence-electron chi connectivity index (χ1n) is 5.35. The Hall–Kier alpha value is -1.22. The van der Waals surface area contributed by atoms with Gasteiger partial charge in [0.05, 0.1) is 17.5 Å². The highest BCUT2D eigenvalue weighted by molar-refractivity contribution is 6.33. The van der Waals surface area contributed by atoms with Crippen molar-refractivity contribution < 1.29 is 14.6 Å². The van der Waals surface area contributed by atoms with E-state index in [1.54, 1.807) is 27.0 Å². The fourth-order valence-electron chi connectivity index (χ4n) is 1.59. The highest BCUT2D eigenvalue weighted by Crippen LogP contribution is 2.34. The van der Waals surface area contributed by atoms with Crippen LogP contribution < -0.4 is 4.74 Å². The number of hydrogen-bond donors (Lipinski definition) is 1. The van der Waals surface area contributed by atoms with Gasteiger partial charge >= 0.3 is 5.97 Å². The van der Waals surface area contributed by atoms with E-state index in [0.29, 0.717) is 17.2 Å². The Bertz CT molecular complexity index is 439. The number of carboxylic acids is 1. The van der Waals surface area contributed by atoms with Gasteiger partial charge in [-0.1, -0.05) is 17.7 Å². The maximum absolute atomic E-state index is 11.1. The summed E-state index contributed by atoms with van der Waals surface area (Å²) in [6, 6.07) is 3.67. The van der Waals surface area contributed by atoms with Gasteiger partial charge in [-0.25, -0.2) is 0 Å². The fourth-order valence-corrected chi connectivity index (χ4v) is 1.94. The molecule has 1 N–H and O–H groups in total. The predicted octanol–water partition coefficient (Wildman–Crippen LogP) is 3.31. The van der Waals surface area contributed by atoms with Gasteiger partial charge in [0.15, 0.2) is 0 Å². The van der Waals surface area contributed by atoms with Crippen molar-refractivity contribution >= 4 is 17.6 Å². The predicted molar refractivity (Wildman–Crippen MR) is 67.9 cm³/mol. The smallest absolute Gasteiger partial charge is 0.309 e. The van der Waals surface area contributed by atoms with E-state index in [4.69, 9.17) is 21.4 Å². The van der Waals surface area contributed by atoms with Crippen LogP contribution in [0.25, 0.3) is 0 Å². The van der Waals surface area contributed by atoms with E-state index in [1.807, 2.05) is 13.0 Å². The minimum Gasteiger partial charge on any atom is -0.495 e.